The van der Waals surface area contributed by atoms with Gasteiger partial charge in [-0.3, -0.25) is 9.59 Å². The van der Waals surface area contributed by atoms with Gasteiger partial charge in [-0.25, -0.2) is 0 Å². The minimum atomic E-state index is -0.462. The lowest BCUT2D eigenvalue weighted by Gasteiger charge is -2.22. The summed E-state index contributed by atoms with van der Waals surface area (Å²) in [6.45, 7) is 2.63. The van der Waals surface area contributed by atoms with Gasteiger partial charge in [-0.2, -0.15) is 0 Å². The molecule has 0 aliphatic rings. The first-order valence-corrected chi connectivity index (χ1v) is 6.22. The van der Waals surface area contributed by atoms with Crippen molar-refractivity contribution in [2.45, 2.75) is 26.1 Å². The Balaban J connectivity index is 4.28. The molecule has 2 atom stereocenters. The Morgan fingerprint density at radius 2 is 1.29 bits per heavy atom. The van der Waals surface area contributed by atoms with Gasteiger partial charge in [0, 0.05) is 24.5 Å². The Bertz CT molecular complexity index is 186. The molecule has 6 heteroatoms. The fraction of sp³-hybridized carbons (Fsp3) is 0.750. The van der Waals surface area contributed by atoms with E-state index in [-0.39, 0.29) is 0 Å². The molecule has 82 valence electrons. The minimum Gasteiger partial charge on any atom is -0.458 e. The van der Waals surface area contributed by atoms with Crippen molar-refractivity contribution in [2.24, 2.45) is 0 Å². The molecule has 0 spiro atoms. The molecule has 0 aliphatic carbocycles. The maximum atomic E-state index is 10.7. The van der Waals surface area contributed by atoms with Crippen LogP contribution in [0.15, 0.2) is 0 Å². The van der Waals surface area contributed by atoms with Gasteiger partial charge in [0.05, 0.1) is 0 Å². The molecule has 0 fully saturated rings. The van der Waals surface area contributed by atoms with Crippen LogP contribution < -0.4 is 0 Å². The van der Waals surface area contributed by atoms with Crippen molar-refractivity contribution in [1.82, 2.24) is 0 Å². The highest BCUT2D eigenvalue weighted by atomic mass is 79.9. The molecule has 0 bridgehead atoms. The van der Waals surface area contributed by atoms with Crippen LogP contribution in [-0.2, 0) is 19.1 Å². The third kappa shape index (κ3) is 5.59. The van der Waals surface area contributed by atoms with Crippen LogP contribution in [0, 0.1) is 0 Å². The van der Waals surface area contributed by atoms with Crippen LogP contribution in [0.5, 0.6) is 0 Å². The fourth-order valence-electron chi connectivity index (χ4n) is 0.840. The van der Waals surface area contributed by atoms with Gasteiger partial charge in [0.25, 0.3) is 0 Å². The first-order chi connectivity index (χ1) is 6.51. The van der Waals surface area contributed by atoms with Crippen LogP contribution in [0.2, 0.25) is 0 Å². The van der Waals surface area contributed by atoms with E-state index in [0.717, 1.165) is 0 Å². The SMILES string of the molecule is CC(=O)OC(CBr)C(CBr)OC(C)=O. The second-order valence-corrected chi connectivity index (χ2v) is 3.90. The summed E-state index contributed by atoms with van der Waals surface area (Å²) in [5.41, 5.74) is 0. The van der Waals surface area contributed by atoms with Crippen molar-refractivity contribution in [3.05, 3.63) is 0 Å². The van der Waals surface area contributed by atoms with Gasteiger partial charge in [-0.15, -0.1) is 0 Å². The van der Waals surface area contributed by atoms with E-state index in [4.69, 9.17) is 9.47 Å². The van der Waals surface area contributed by atoms with E-state index >= 15 is 0 Å². The monoisotopic (exact) mass is 330 g/mol. The van der Waals surface area contributed by atoms with Gasteiger partial charge in [0.15, 0.2) is 0 Å². The highest BCUT2D eigenvalue weighted by Gasteiger charge is 2.24. The average Bonchev–Trinajstić information content (AvgIpc) is 2.10. The van der Waals surface area contributed by atoms with Gasteiger partial charge < -0.3 is 9.47 Å². The summed E-state index contributed by atoms with van der Waals surface area (Å²) in [4.78, 5) is 21.4. The quantitative estimate of drug-likeness (QED) is 0.567. The van der Waals surface area contributed by atoms with E-state index in [2.05, 4.69) is 31.9 Å². The van der Waals surface area contributed by atoms with Gasteiger partial charge in [-0.05, 0) is 0 Å². The van der Waals surface area contributed by atoms with E-state index < -0.39 is 24.1 Å². The van der Waals surface area contributed by atoms with Crippen LogP contribution in [0.4, 0.5) is 0 Å². The molecular formula is C8H12Br2O4. The number of carbonyl (C=O) groups excluding carboxylic acids is 2. The molecule has 2 unspecified atom stereocenters. The Morgan fingerprint density at radius 3 is 1.43 bits per heavy atom. The third-order valence-electron chi connectivity index (χ3n) is 1.35. The Kier molecular flexibility index (Phi) is 7.17. The van der Waals surface area contributed by atoms with E-state index in [0.29, 0.717) is 10.7 Å². The van der Waals surface area contributed by atoms with Crippen molar-refractivity contribution < 1.29 is 19.1 Å². The number of esters is 2. The zero-order valence-electron chi connectivity index (χ0n) is 7.96. The zero-order valence-corrected chi connectivity index (χ0v) is 11.1. The molecule has 0 saturated carbocycles. The number of alkyl halides is 2. The lowest BCUT2D eigenvalue weighted by molar-refractivity contribution is -0.161. The number of ether oxygens (including phenoxy) is 2. The summed E-state index contributed by atoms with van der Waals surface area (Å²) in [6, 6.07) is 0. The van der Waals surface area contributed by atoms with Crippen LogP contribution in [0.25, 0.3) is 0 Å². The predicted octanol–water partition coefficient (Wildman–Crippen LogP) is 1.64. The summed E-state index contributed by atoms with van der Waals surface area (Å²) in [7, 11) is 0. The number of rotatable bonds is 5. The summed E-state index contributed by atoms with van der Waals surface area (Å²) in [5, 5.41) is 0.853. The van der Waals surface area contributed by atoms with Crippen molar-refractivity contribution in [3.8, 4) is 0 Å². The van der Waals surface area contributed by atoms with Crippen LogP contribution >= 0.6 is 31.9 Å². The van der Waals surface area contributed by atoms with Gasteiger partial charge in [0.2, 0.25) is 0 Å². The molecule has 0 aromatic rings. The standard InChI is InChI=1S/C8H12Br2O4/c1-5(11)13-7(3-9)8(4-10)14-6(2)12/h7-8H,3-4H2,1-2H3. The zero-order chi connectivity index (χ0) is 11.1. The van der Waals surface area contributed by atoms with E-state index in [1.54, 1.807) is 0 Å². The van der Waals surface area contributed by atoms with E-state index in [9.17, 15) is 9.59 Å². The van der Waals surface area contributed by atoms with Gasteiger partial charge in [-0.1, -0.05) is 31.9 Å². The molecule has 0 aromatic heterocycles. The predicted molar refractivity (Wildman–Crippen MR) is 58.7 cm³/mol. The van der Waals surface area contributed by atoms with Gasteiger partial charge in [0.1, 0.15) is 12.2 Å². The van der Waals surface area contributed by atoms with Crippen LogP contribution in [0.1, 0.15) is 13.8 Å². The number of carbonyl (C=O) groups is 2. The minimum absolute atomic E-state index is 0.396. The molecule has 0 aromatic carbocycles. The first kappa shape index (κ1) is 13.9. The molecule has 0 rings (SSSR count). The van der Waals surface area contributed by atoms with Crippen molar-refractivity contribution in [1.29, 1.82) is 0 Å². The Hall–Kier alpha value is -0.100. The largest absolute Gasteiger partial charge is 0.458 e. The lowest BCUT2D eigenvalue weighted by Crippen LogP contribution is -2.36. The highest BCUT2D eigenvalue weighted by Crippen LogP contribution is 2.11. The van der Waals surface area contributed by atoms with Crippen LogP contribution in [-0.4, -0.2) is 34.8 Å². The van der Waals surface area contributed by atoms with E-state index in [1.807, 2.05) is 0 Å². The molecule has 4 nitrogen and oxygen atoms in total. The molecule has 0 saturated heterocycles. The van der Waals surface area contributed by atoms with Crippen molar-refractivity contribution in [2.75, 3.05) is 10.7 Å². The first-order valence-electron chi connectivity index (χ1n) is 3.97. The molecule has 0 radical (unpaired) electrons. The lowest BCUT2D eigenvalue weighted by atomic mass is 10.2. The molecular weight excluding hydrogens is 320 g/mol. The molecule has 0 N–H and O–H groups in total. The maximum Gasteiger partial charge on any atom is 0.303 e. The maximum absolute atomic E-state index is 10.7. The summed E-state index contributed by atoms with van der Waals surface area (Å²) >= 11 is 6.37. The summed E-state index contributed by atoms with van der Waals surface area (Å²) in [5.74, 6) is -0.792. The van der Waals surface area contributed by atoms with Crippen molar-refractivity contribution >= 4 is 43.8 Å². The molecule has 14 heavy (non-hydrogen) atoms. The van der Waals surface area contributed by atoms with Crippen molar-refractivity contribution in [3.63, 3.8) is 0 Å². The number of hydrogen-bond acceptors (Lipinski definition) is 4. The Labute approximate surface area is 99.6 Å². The molecule has 0 amide bonds. The molecule has 0 aliphatic heterocycles. The highest BCUT2D eigenvalue weighted by molar-refractivity contribution is 9.09. The third-order valence-corrected chi connectivity index (χ3v) is 2.63. The second-order valence-electron chi connectivity index (χ2n) is 2.60. The second kappa shape index (κ2) is 7.23. The normalized spacial score (nSPS) is 14.3. The van der Waals surface area contributed by atoms with Crippen LogP contribution in [0.3, 0.4) is 0 Å². The summed E-state index contributed by atoms with van der Waals surface area (Å²) < 4.78 is 9.92. The number of halogens is 2. The fourth-order valence-corrected chi connectivity index (χ4v) is 1.94. The molecule has 0 heterocycles. The topological polar surface area (TPSA) is 52.6 Å². The van der Waals surface area contributed by atoms with E-state index in [1.165, 1.54) is 13.8 Å². The summed E-state index contributed by atoms with van der Waals surface area (Å²) in [6.07, 6.45) is -0.924. The van der Waals surface area contributed by atoms with Gasteiger partial charge >= 0.3 is 11.9 Å². The average molecular weight is 332 g/mol. The Morgan fingerprint density at radius 1 is 1.00 bits per heavy atom. The smallest absolute Gasteiger partial charge is 0.303 e. The number of hydrogen-bond donors (Lipinski definition) is 0.